The molecular formula is C19H14N2O2S. The molecule has 118 valence electrons. The molecule has 1 aliphatic rings. The van der Waals surface area contributed by atoms with Gasteiger partial charge in [-0.3, -0.25) is 14.5 Å². The van der Waals surface area contributed by atoms with Gasteiger partial charge in [-0.2, -0.15) is 0 Å². The van der Waals surface area contributed by atoms with Crippen molar-refractivity contribution in [2.24, 2.45) is 0 Å². The number of aromatic amines is 1. The van der Waals surface area contributed by atoms with E-state index in [1.807, 2.05) is 54.6 Å². The molecule has 1 N–H and O–H groups in total. The molecule has 0 bridgehead atoms. The summed E-state index contributed by atoms with van der Waals surface area (Å²) in [5, 5.41) is 2.01. The molecule has 0 spiro atoms. The summed E-state index contributed by atoms with van der Waals surface area (Å²) in [6.45, 7) is 0.289. The monoisotopic (exact) mass is 334 g/mol. The summed E-state index contributed by atoms with van der Waals surface area (Å²) in [7, 11) is 0. The molecule has 0 unspecified atom stereocenters. The third kappa shape index (κ3) is 2.74. The summed E-state index contributed by atoms with van der Waals surface area (Å²) in [6, 6.07) is 17.7. The van der Waals surface area contributed by atoms with Crippen molar-refractivity contribution in [1.82, 2.24) is 9.88 Å². The van der Waals surface area contributed by atoms with Crippen LogP contribution in [0.2, 0.25) is 0 Å². The highest BCUT2D eigenvalue weighted by Gasteiger charge is 2.35. The molecule has 1 saturated heterocycles. The zero-order valence-electron chi connectivity index (χ0n) is 12.7. The number of amides is 2. The normalized spacial score (nSPS) is 16.5. The van der Waals surface area contributed by atoms with Crippen LogP contribution in [0.15, 0.2) is 65.7 Å². The average Bonchev–Trinajstić information content (AvgIpc) is 3.19. The molecule has 1 aliphatic heterocycles. The largest absolute Gasteiger partial charge is 0.362 e. The van der Waals surface area contributed by atoms with Crippen LogP contribution in [0.1, 0.15) is 11.3 Å². The predicted octanol–water partition coefficient (Wildman–Crippen LogP) is 4.40. The first-order valence-electron chi connectivity index (χ1n) is 7.57. The first kappa shape index (κ1) is 14.8. The maximum atomic E-state index is 12.5. The minimum Gasteiger partial charge on any atom is -0.362 e. The van der Waals surface area contributed by atoms with Crippen LogP contribution in [-0.2, 0) is 11.3 Å². The number of benzene rings is 2. The molecule has 3 aromatic rings. The molecule has 1 aromatic heterocycles. The molecule has 0 radical (unpaired) electrons. The van der Waals surface area contributed by atoms with Crippen LogP contribution < -0.4 is 0 Å². The summed E-state index contributed by atoms with van der Waals surface area (Å²) in [6.07, 6.45) is 3.50. The number of hydrogen-bond donors (Lipinski definition) is 1. The van der Waals surface area contributed by atoms with Crippen LogP contribution in [0.4, 0.5) is 4.79 Å². The highest BCUT2D eigenvalue weighted by atomic mass is 32.2. The van der Waals surface area contributed by atoms with Crippen molar-refractivity contribution in [3.63, 3.8) is 0 Å². The van der Waals surface area contributed by atoms with Crippen molar-refractivity contribution in [2.75, 3.05) is 0 Å². The van der Waals surface area contributed by atoms with E-state index in [9.17, 15) is 9.59 Å². The van der Waals surface area contributed by atoms with Crippen LogP contribution in [-0.4, -0.2) is 21.0 Å². The minimum atomic E-state index is -0.243. The molecule has 1 fully saturated rings. The number of hydrogen-bond acceptors (Lipinski definition) is 3. The van der Waals surface area contributed by atoms with E-state index >= 15 is 0 Å². The molecular weight excluding hydrogens is 320 g/mol. The highest BCUT2D eigenvalue weighted by molar-refractivity contribution is 8.18. The van der Waals surface area contributed by atoms with E-state index in [0.29, 0.717) is 4.91 Å². The molecule has 2 heterocycles. The van der Waals surface area contributed by atoms with Crippen molar-refractivity contribution in [1.29, 1.82) is 0 Å². The molecule has 0 atom stereocenters. The number of nitrogens with zero attached hydrogens (tertiary/aromatic N) is 1. The topological polar surface area (TPSA) is 53.2 Å². The van der Waals surface area contributed by atoms with Gasteiger partial charge in [-0.1, -0.05) is 36.4 Å². The summed E-state index contributed by atoms with van der Waals surface area (Å²) in [4.78, 5) is 29.5. The molecule has 5 heteroatoms. The number of thioether (sulfide) groups is 1. The number of imide groups is 1. The van der Waals surface area contributed by atoms with Gasteiger partial charge >= 0.3 is 0 Å². The molecule has 0 saturated carbocycles. The molecule has 0 aliphatic carbocycles. The fourth-order valence-corrected chi connectivity index (χ4v) is 3.56. The first-order chi connectivity index (χ1) is 11.7. The van der Waals surface area contributed by atoms with E-state index in [1.165, 1.54) is 4.90 Å². The van der Waals surface area contributed by atoms with Gasteiger partial charge in [0.05, 0.1) is 11.4 Å². The average molecular weight is 334 g/mol. The molecule has 4 rings (SSSR count). The van der Waals surface area contributed by atoms with E-state index in [4.69, 9.17) is 0 Å². The summed E-state index contributed by atoms with van der Waals surface area (Å²) >= 11 is 0.981. The Hall–Kier alpha value is -2.79. The number of H-pyrrole nitrogens is 1. The van der Waals surface area contributed by atoms with Crippen LogP contribution >= 0.6 is 11.8 Å². The second kappa shape index (κ2) is 6.02. The standard InChI is InChI=1S/C19H14N2O2S/c22-18-17(11-16-6-3-9-20-16)24-19(23)21(18)12-13-7-8-14-4-1-2-5-15(14)10-13/h1-11,20H,12H2/b17-11-. The lowest BCUT2D eigenvalue weighted by Gasteiger charge is -2.13. The van der Waals surface area contributed by atoms with Crippen molar-refractivity contribution in [3.8, 4) is 0 Å². The van der Waals surface area contributed by atoms with Crippen LogP contribution in [0.5, 0.6) is 0 Å². The van der Waals surface area contributed by atoms with Gasteiger partial charge in [-0.25, -0.2) is 0 Å². The third-order valence-corrected chi connectivity index (χ3v) is 4.84. The third-order valence-electron chi connectivity index (χ3n) is 3.94. The lowest BCUT2D eigenvalue weighted by Crippen LogP contribution is -2.27. The summed E-state index contributed by atoms with van der Waals surface area (Å²) < 4.78 is 0. The van der Waals surface area contributed by atoms with Crippen molar-refractivity contribution < 1.29 is 9.59 Å². The molecule has 2 amide bonds. The van der Waals surface area contributed by atoms with Gasteiger partial charge in [-0.15, -0.1) is 0 Å². The van der Waals surface area contributed by atoms with Gasteiger partial charge in [0.2, 0.25) is 0 Å². The zero-order valence-corrected chi connectivity index (χ0v) is 13.5. The number of fused-ring (bicyclic) bond motifs is 1. The molecule has 2 aromatic carbocycles. The number of carbonyl (C=O) groups is 2. The van der Waals surface area contributed by atoms with E-state index < -0.39 is 0 Å². The van der Waals surface area contributed by atoms with Crippen LogP contribution in [0, 0.1) is 0 Å². The number of rotatable bonds is 3. The lowest BCUT2D eigenvalue weighted by atomic mass is 10.1. The van der Waals surface area contributed by atoms with Gasteiger partial charge in [0.1, 0.15) is 0 Å². The number of carbonyl (C=O) groups excluding carboxylic acids is 2. The van der Waals surface area contributed by atoms with Crippen molar-refractivity contribution >= 4 is 39.8 Å². The van der Waals surface area contributed by atoms with Crippen LogP contribution in [0.25, 0.3) is 16.8 Å². The Morgan fingerprint density at radius 2 is 1.83 bits per heavy atom. The van der Waals surface area contributed by atoms with Gasteiger partial charge in [0.15, 0.2) is 0 Å². The maximum absolute atomic E-state index is 12.5. The SMILES string of the molecule is O=C1S/C(=C\c2ccc[nH]2)C(=O)N1Cc1ccc2ccccc2c1. The number of aromatic nitrogens is 1. The van der Waals surface area contributed by atoms with E-state index in [-0.39, 0.29) is 17.7 Å². The van der Waals surface area contributed by atoms with Gasteiger partial charge in [0, 0.05) is 11.9 Å². The van der Waals surface area contributed by atoms with E-state index in [0.717, 1.165) is 33.8 Å². The number of nitrogens with one attached hydrogen (secondary N) is 1. The van der Waals surface area contributed by atoms with Gasteiger partial charge in [0.25, 0.3) is 11.1 Å². The fraction of sp³-hybridized carbons (Fsp3) is 0.0526. The second-order valence-electron chi connectivity index (χ2n) is 5.57. The van der Waals surface area contributed by atoms with E-state index in [2.05, 4.69) is 4.98 Å². The van der Waals surface area contributed by atoms with Crippen molar-refractivity contribution in [3.05, 3.63) is 77.0 Å². The quantitative estimate of drug-likeness (QED) is 0.722. The summed E-state index contributed by atoms with van der Waals surface area (Å²) in [5.41, 5.74) is 1.75. The predicted molar refractivity (Wildman–Crippen MR) is 96.3 cm³/mol. The van der Waals surface area contributed by atoms with Crippen LogP contribution in [0.3, 0.4) is 0 Å². The maximum Gasteiger partial charge on any atom is 0.293 e. The molecule has 24 heavy (non-hydrogen) atoms. The zero-order chi connectivity index (χ0) is 16.5. The highest BCUT2D eigenvalue weighted by Crippen LogP contribution is 2.33. The Labute approximate surface area is 143 Å². The lowest BCUT2D eigenvalue weighted by molar-refractivity contribution is -0.123. The first-order valence-corrected chi connectivity index (χ1v) is 8.39. The minimum absolute atomic E-state index is 0.231. The van der Waals surface area contributed by atoms with Gasteiger partial charge in [-0.05, 0) is 52.4 Å². The second-order valence-corrected chi connectivity index (χ2v) is 6.57. The Morgan fingerprint density at radius 1 is 1.00 bits per heavy atom. The fourth-order valence-electron chi connectivity index (χ4n) is 2.73. The Kier molecular flexibility index (Phi) is 3.70. The Bertz CT molecular complexity index is 960. The van der Waals surface area contributed by atoms with E-state index in [1.54, 1.807) is 12.3 Å². The Balaban J connectivity index is 1.59. The smallest absolute Gasteiger partial charge is 0.293 e. The Morgan fingerprint density at radius 3 is 2.62 bits per heavy atom. The van der Waals surface area contributed by atoms with Crippen molar-refractivity contribution in [2.45, 2.75) is 6.54 Å². The molecule has 4 nitrogen and oxygen atoms in total. The van der Waals surface area contributed by atoms with Gasteiger partial charge < -0.3 is 4.98 Å². The summed E-state index contributed by atoms with van der Waals surface area (Å²) in [5.74, 6) is -0.243.